The van der Waals surface area contributed by atoms with E-state index in [1.807, 2.05) is 20.9 Å². The molecule has 1 aliphatic rings. The summed E-state index contributed by atoms with van der Waals surface area (Å²) in [5.74, 6) is 0. The molecule has 1 aromatic carbocycles. The Morgan fingerprint density at radius 3 is 2.56 bits per heavy atom. The van der Waals surface area contributed by atoms with Crippen molar-refractivity contribution < 1.29 is 5.11 Å². The first-order valence-corrected chi connectivity index (χ1v) is 6.03. The third-order valence-corrected chi connectivity index (χ3v) is 3.45. The molecule has 0 spiro atoms. The minimum absolute atomic E-state index is 0.00148. The van der Waals surface area contributed by atoms with Crippen molar-refractivity contribution in [3.63, 3.8) is 0 Å². The molecule has 0 aromatic heterocycles. The Balaban J connectivity index is 2.33. The monoisotopic (exact) mass is 219 g/mol. The number of fused-ring (bicyclic) bond motifs is 1. The summed E-state index contributed by atoms with van der Waals surface area (Å²) in [5.41, 5.74) is 3.40. The molecule has 0 radical (unpaired) electrons. The van der Waals surface area contributed by atoms with Crippen LogP contribution in [0.5, 0.6) is 0 Å². The molecule has 0 fully saturated rings. The molecule has 1 aliphatic carbocycles. The minimum atomic E-state index is -0.735. The predicted molar refractivity (Wildman–Crippen MR) is 66.6 cm³/mol. The first-order valence-electron chi connectivity index (χ1n) is 6.03. The third kappa shape index (κ3) is 2.13. The number of nitrogens with one attached hydrogen (secondary N) is 1. The van der Waals surface area contributed by atoms with Crippen LogP contribution in [0.25, 0.3) is 0 Å². The van der Waals surface area contributed by atoms with Crippen LogP contribution in [0.3, 0.4) is 0 Å². The Kier molecular flexibility index (Phi) is 3.04. The minimum Gasteiger partial charge on any atom is -0.388 e. The topological polar surface area (TPSA) is 32.3 Å². The quantitative estimate of drug-likeness (QED) is 0.817. The van der Waals surface area contributed by atoms with Gasteiger partial charge in [0.2, 0.25) is 0 Å². The highest BCUT2D eigenvalue weighted by Gasteiger charge is 2.27. The predicted octanol–water partition coefficient (Wildman–Crippen LogP) is 2.21. The summed E-state index contributed by atoms with van der Waals surface area (Å²) in [4.78, 5) is 0. The lowest BCUT2D eigenvalue weighted by molar-refractivity contribution is 0.0400. The van der Waals surface area contributed by atoms with Crippen molar-refractivity contribution in [3.8, 4) is 0 Å². The molecule has 1 aromatic rings. The average Bonchev–Trinajstić information content (AvgIpc) is 2.63. The highest BCUT2D eigenvalue weighted by Crippen LogP contribution is 2.29. The Bertz CT molecular complexity index is 379. The number of hydrogen-bond donors (Lipinski definition) is 2. The van der Waals surface area contributed by atoms with Gasteiger partial charge in [-0.3, -0.25) is 0 Å². The first-order chi connectivity index (χ1) is 7.52. The highest BCUT2D eigenvalue weighted by molar-refractivity contribution is 5.37. The second kappa shape index (κ2) is 4.19. The molecule has 0 heterocycles. The van der Waals surface area contributed by atoms with Crippen LogP contribution in [0, 0.1) is 0 Å². The van der Waals surface area contributed by atoms with E-state index in [0.29, 0.717) is 0 Å². The zero-order valence-corrected chi connectivity index (χ0v) is 10.4. The van der Waals surface area contributed by atoms with Gasteiger partial charge in [0, 0.05) is 0 Å². The second-order valence-corrected chi connectivity index (χ2v) is 5.26. The molecule has 16 heavy (non-hydrogen) atoms. The normalized spacial score (nSPS) is 17.2. The first kappa shape index (κ1) is 11.6. The van der Waals surface area contributed by atoms with Gasteiger partial charge in [-0.05, 0) is 56.8 Å². The van der Waals surface area contributed by atoms with Crippen LogP contribution >= 0.6 is 0 Å². The van der Waals surface area contributed by atoms with Gasteiger partial charge < -0.3 is 10.4 Å². The summed E-state index contributed by atoms with van der Waals surface area (Å²) in [6, 6.07) is 6.61. The number of hydrogen-bond acceptors (Lipinski definition) is 2. The highest BCUT2D eigenvalue weighted by atomic mass is 16.3. The Hall–Kier alpha value is -0.860. The third-order valence-electron chi connectivity index (χ3n) is 3.45. The van der Waals surface area contributed by atoms with Crippen molar-refractivity contribution in [1.82, 2.24) is 5.32 Å². The van der Waals surface area contributed by atoms with Gasteiger partial charge >= 0.3 is 0 Å². The maximum atomic E-state index is 10.1. The van der Waals surface area contributed by atoms with Gasteiger partial charge in [0.1, 0.15) is 0 Å². The van der Waals surface area contributed by atoms with Crippen molar-refractivity contribution >= 4 is 0 Å². The number of benzene rings is 1. The zero-order chi connectivity index (χ0) is 11.8. The average molecular weight is 219 g/mol. The SMILES string of the molecule is CNC(c1ccc2c(c1)CCC2)C(C)(C)O. The van der Waals surface area contributed by atoms with Crippen molar-refractivity contribution in [2.45, 2.75) is 44.8 Å². The summed E-state index contributed by atoms with van der Waals surface area (Å²) < 4.78 is 0. The van der Waals surface area contributed by atoms with Crippen molar-refractivity contribution in [1.29, 1.82) is 0 Å². The summed E-state index contributed by atoms with van der Waals surface area (Å²) in [6.07, 6.45) is 3.67. The van der Waals surface area contributed by atoms with E-state index in [1.54, 1.807) is 0 Å². The molecule has 2 N–H and O–H groups in total. The molecule has 2 heteroatoms. The molecule has 0 saturated carbocycles. The van der Waals surface area contributed by atoms with Gasteiger partial charge in [-0.15, -0.1) is 0 Å². The molecule has 0 aliphatic heterocycles. The van der Waals surface area contributed by atoms with E-state index in [0.717, 1.165) is 0 Å². The summed E-state index contributed by atoms with van der Waals surface area (Å²) in [5, 5.41) is 13.3. The van der Waals surface area contributed by atoms with Crippen LogP contribution in [0.1, 0.15) is 43.0 Å². The van der Waals surface area contributed by atoms with Crippen LogP contribution in [-0.4, -0.2) is 17.8 Å². The molecular formula is C14H21NO. The van der Waals surface area contributed by atoms with Crippen molar-refractivity contribution in [3.05, 3.63) is 34.9 Å². The van der Waals surface area contributed by atoms with Gasteiger partial charge in [-0.1, -0.05) is 18.2 Å². The molecule has 0 bridgehead atoms. The maximum Gasteiger partial charge on any atom is 0.0785 e. The smallest absolute Gasteiger partial charge is 0.0785 e. The van der Waals surface area contributed by atoms with Gasteiger partial charge in [-0.2, -0.15) is 0 Å². The number of aryl methyl sites for hydroxylation is 2. The molecular weight excluding hydrogens is 198 g/mol. The second-order valence-electron chi connectivity index (χ2n) is 5.26. The lowest BCUT2D eigenvalue weighted by atomic mass is 9.90. The van der Waals surface area contributed by atoms with Gasteiger partial charge in [0.15, 0.2) is 0 Å². The molecule has 0 amide bonds. The van der Waals surface area contributed by atoms with E-state index in [9.17, 15) is 5.11 Å². The van der Waals surface area contributed by atoms with E-state index in [1.165, 1.54) is 36.0 Å². The fourth-order valence-corrected chi connectivity index (χ4v) is 2.70. The molecule has 2 rings (SSSR count). The standard InChI is InChI=1S/C14H21NO/c1-14(2,16)13(15-3)12-8-7-10-5-4-6-11(10)9-12/h7-9,13,15-16H,4-6H2,1-3H3. The lowest BCUT2D eigenvalue weighted by Crippen LogP contribution is -2.37. The Morgan fingerprint density at radius 1 is 1.25 bits per heavy atom. The van der Waals surface area contributed by atoms with Crippen LogP contribution in [-0.2, 0) is 12.8 Å². The van der Waals surface area contributed by atoms with Crippen LogP contribution in [0.2, 0.25) is 0 Å². The molecule has 1 unspecified atom stereocenters. The van der Waals surface area contributed by atoms with Crippen LogP contribution < -0.4 is 5.32 Å². The van der Waals surface area contributed by atoms with E-state index in [4.69, 9.17) is 0 Å². The number of aliphatic hydroxyl groups is 1. The summed E-state index contributed by atoms with van der Waals surface area (Å²) in [6.45, 7) is 3.70. The summed E-state index contributed by atoms with van der Waals surface area (Å²) >= 11 is 0. The molecule has 0 saturated heterocycles. The Labute approximate surface area is 97.7 Å². The fraction of sp³-hybridized carbons (Fsp3) is 0.571. The molecule has 2 nitrogen and oxygen atoms in total. The fourth-order valence-electron chi connectivity index (χ4n) is 2.70. The van der Waals surface area contributed by atoms with E-state index in [-0.39, 0.29) is 6.04 Å². The summed E-state index contributed by atoms with van der Waals surface area (Å²) in [7, 11) is 1.90. The van der Waals surface area contributed by atoms with Gasteiger partial charge in [-0.25, -0.2) is 0 Å². The van der Waals surface area contributed by atoms with Crippen molar-refractivity contribution in [2.75, 3.05) is 7.05 Å². The Morgan fingerprint density at radius 2 is 1.94 bits per heavy atom. The maximum absolute atomic E-state index is 10.1. The van der Waals surface area contributed by atoms with Crippen LogP contribution in [0.4, 0.5) is 0 Å². The van der Waals surface area contributed by atoms with E-state index in [2.05, 4.69) is 23.5 Å². The molecule has 88 valence electrons. The van der Waals surface area contributed by atoms with Crippen molar-refractivity contribution in [2.24, 2.45) is 0 Å². The lowest BCUT2D eigenvalue weighted by Gasteiger charge is -2.29. The number of rotatable bonds is 3. The van der Waals surface area contributed by atoms with E-state index < -0.39 is 5.60 Å². The largest absolute Gasteiger partial charge is 0.388 e. The number of likely N-dealkylation sites (N-methyl/N-ethyl adjacent to an activating group) is 1. The van der Waals surface area contributed by atoms with Gasteiger partial charge in [0.05, 0.1) is 11.6 Å². The molecule has 1 atom stereocenters. The van der Waals surface area contributed by atoms with Crippen LogP contribution in [0.15, 0.2) is 18.2 Å². The van der Waals surface area contributed by atoms with Gasteiger partial charge in [0.25, 0.3) is 0 Å². The zero-order valence-electron chi connectivity index (χ0n) is 10.4. The van der Waals surface area contributed by atoms with E-state index >= 15 is 0 Å².